The Morgan fingerprint density at radius 1 is 1.22 bits per heavy atom. The number of rotatable bonds is 6. The number of alkyl halides is 3. The number of hydrogen-bond acceptors (Lipinski definition) is 4. The van der Waals surface area contributed by atoms with Crippen LogP contribution in [0.1, 0.15) is 11.1 Å². The molecule has 0 spiro atoms. The van der Waals surface area contributed by atoms with E-state index in [-0.39, 0.29) is 30.5 Å². The highest BCUT2D eigenvalue weighted by atomic mass is 19.4. The lowest BCUT2D eigenvalue weighted by atomic mass is 10.1. The minimum absolute atomic E-state index is 0.0333. The Labute approximate surface area is 152 Å². The minimum atomic E-state index is -4.45. The van der Waals surface area contributed by atoms with Crippen LogP contribution in [-0.2, 0) is 22.3 Å². The number of fused-ring (bicyclic) bond motifs is 1. The number of hydrogen-bond donors (Lipinski definition) is 2. The third-order valence-corrected chi connectivity index (χ3v) is 3.78. The monoisotopic (exact) mass is 379 g/mol. The number of anilines is 1. The van der Waals surface area contributed by atoms with Crippen molar-refractivity contribution in [2.45, 2.75) is 12.8 Å². The van der Waals surface area contributed by atoms with Gasteiger partial charge in [0.2, 0.25) is 0 Å². The van der Waals surface area contributed by atoms with Crippen LogP contribution in [-0.4, -0.2) is 29.8 Å². The molecular formula is C18H16F3N3O3. The number of carbonyl (C=O) groups is 1. The first-order valence-corrected chi connectivity index (χ1v) is 7.93. The number of aromatic amines is 1. The van der Waals surface area contributed by atoms with Crippen LogP contribution in [0.2, 0.25) is 0 Å². The molecule has 0 aliphatic heterocycles. The highest BCUT2D eigenvalue weighted by molar-refractivity contribution is 6.00. The molecule has 0 unspecified atom stereocenters. The molecular weight excluding hydrogens is 363 g/mol. The fraction of sp³-hybridized carbons (Fsp3) is 0.222. The van der Waals surface area contributed by atoms with Gasteiger partial charge in [0.05, 0.1) is 11.1 Å². The maximum atomic E-state index is 13.1. The molecule has 3 rings (SSSR count). The summed E-state index contributed by atoms with van der Waals surface area (Å²) in [7, 11) is 1.40. The Hall–Kier alpha value is -3.07. The molecule has 9 heteroatoms. The molecule has 1 aromatic heterocycles. The summed E-state index contributed by atoms with van der Waals surface area (Å²) in [6.45, 7) is -0.372. The molecule has 6 nitrogen and oxygen atoms in total. The van der Waals surface area contributed by atoms with Gasteiger partial charge < -0.3 is 14.8 Å². The molecule has 0 saturated heterocycles. The van der Waals surface area contributed by atoms with Crippen molar-refractivity contribution in [1.82, 2.24) is 10.2 Å². The fourth-order valence-corrected chi connectivity index (χ4v) is 2.56. The zero-order valence-electron chi connectivity index (χ0n) is 14.3. The van der Waals surface area contributed by atoms with Crippen LogP contribution in [0.25, 0.3) is 10.9 Å². The van der Waals surface area contributed by atoms with Gasteiger partial charge in [-0.1, -0.05) is 18.2 Å². The predicted octanol–water partition coefficient (Wildman–Crippen LogP) is 3.75. The maximum absolute atomic E-state index is 13.1. The lowest BCUT2D eigenvalue weighted by Crippen LogP contribution is -2.17. The average Bonchev–Trinajstić information content (AvgIpc) is 3.02. The number of H-pyrrole nitrogens is 1. The van der Waals surface area contributed by atoms with Gasteiger partial charge in [0.15, 0.2) is 5.82 Å². The van der Waals surface area contributed by atoms with E-state index in [1.165, 1.54) is 25.3 Å². The van der Waals surface area contributed by atoms with Gasteiger partial charge in [0.25, 0.3) is 5.91 Å². The number of benzene rings is 2. The molecule has 2 aromatic carbocycles. The third-order valence-electron chi connectivity index (χ3n) is 3.78. The smallest absolute Gasteiger partial charge is 0.416 e. The lowest BCUT2D eigenvalue weighted by Gasteiger charge is -2.13. The zero-order valence-corrected chi connectivity index (χ0v) is 14.3. The second-order valence-corrected chi connectivity index (χ2v) is 5.70. The Morgan fingerprint density at radius 2 is 2.00 bits per heavy atom. The van der Waals surface area contributed by atoms with E-state index in [1.54, 1.807) is 18.2 Å². The third kappa shape index (κ3) is 4.37. The summed E-state index contributed by atoms with van der Waals surface area (Å²) in [6.07, 6.45) is -4.45. The fourth-order valence-electron chi connectivity index (χ4n) is 2.56. The van der Waals surface area contributed by atoms with E-state index < -0.39 is 11.7 Å². The van der Waals surface area contributed by atoms with Crippen LogP contribution in [0.15, 0.2) is 42.5 Å². The molecule has 0 saturated carbocycles. The van der Waals surface area contributed by atoms with E-state index in [4.69, 9.17) is 9.47 Å². The van der Waals surface area contributed by atoms with Gasteiger partial charge in [-0.05, 0) is 24.3 Å². The molecule has 0 fully saturated rings. The topological polar surface area (TPSA) is 76.2 Å². The van der Waals surface area contributed by atoms with Crippen LogP contribution >= 0.6 is 0 Å². The SMILES string of the molecule is COCC(=O)Nc1n[nH]c2ccc(OCc3ccccc3C(F)(F)F)cc12. The second kappa shape index (κ2) is 7.67. The van der Waals surface area contributed by atoms with Crippen molar-refractivity contribution < 1.29 is 27.4 Å². The van der Waals surface area contributed by atoms with Gasteiger partial charge in [0, 0.05) is 18.1 Å². The highest BCUT2D eigenvalue weighted by Gasteiger charge is 2.32. The molecule has 0 atom stereocenters. The number of amides is 1. The van der Waals surface area contributed by atoms with Crippen molar-refractivity contribution in [3.8, 4) is 5.75 Å². The van der Waals surface area contributed by atoms with Crippen molar-refractivity contribution in [3.63, 3.8) is 0 Å². The predicted molar refractivity (Wildman–Crippen MR) is 92.4 cm³/mol. The second-order valence-electron chi connectivity index (χ2n) is 5.70. The van der Waals surface area contributed by atoms with Gasteiger partial charge in [-0.2, -0.15) is 18.3 Å². The quantitative estimate of drug-likeness (QED) is 0.684. The van der Waals surface area contributed by atoms with E-state index in [2.05, 4.69) is 15.5 Å². The molecule has 0 aliphatic rings. The van der Waals surface area contributed by atoms with E-state index in [9.17, 15) is 18.0 Å². The normalized spacial score (nSPS) is 11.6. The van der Waals surface area contributed by atoms with Crippen molar-refractivity contribution in [3.05, 3.63) is 53.6 Å². The van der Waals surface area contributed by atoms with Gasteiger partial charge in [-0.15, -0.1) is 0 Å². The Balaban J connectivity index is 1.79. The Bertz CT molecular complexity index is 954. The molecule has 142 valence electrons. The average molecular weight is 379 g/mol. The van der Waals surface area contributed by atoms with Crippen LogP contribution in [0, 0.1) is 0 Å². The van der Waals surface area contributed by atoms with E-state index in [1.807, 2.05) is 0 Å². The maximum Gasteiger partial charge on any atom is 0.416 e. The van der Waals surface area contributed by atoms with Crippen LogP contribution in [0.4, 0.5) is 19.0 Å². The lowest BCUT2D eigenvalue weighted by molar-refractivity contribution is -0.138. The number of aromatic nitrogens is 2. The number of ether oxygens (including phenoxy) is 2. The summed E-state index contributed by atoms with van der Waals surface area (Å²) < 4.78 is 49.5. The first kappa shape index (κ1) is 18.7. The zero-order chi connectivity index (χ0) is 19.4. The number of halogens is 3. The van der Waals surface area contributed by atoms with Crippen molar-refractivity contribution in [2.24, 2.45) is 0 Å². The molecule has 1 amide bonds. The minimum Gasteiger partial charge on any atom is -0.489 e. The first-order chi connectivity index (χ1) is 12.9. The summed E-state index contributed by atoms with van der Waals surface area (Å²) in [6, 6.07) is 10.1. The molecule has 27 heavy (non-hydrogen) atoms. The van der Waals surface area contributed by atoms with Gasteiger partial charge in [0.1, 0.15) is 19.0 Å². The van der Waals surface area contributed by atoms with Crippen molar-refractivity contribution in [2.75, 3.05) is 19.0 Å². The summed E-state index contributed by atoms with van der Waals surface area (Å²) >= 11 is 0. The van der Waals surface area contributed by atoms with E-state index >= 15 is 0 Å². The summed E-state index contributed by atoms with van der Waals surface area (Å²) in [4.78, 5) is 11.7. The number of methoxy groups -OCH3 is 1. The van der Waals surface area contributed by atoms with Crippen LogP contribution in [0.5, 0.6) is 5.75 Å². The Morgan fingerprint density at radius 3 is 2.74 bits per heavy atom. The first-order valence-electron chi connectivity index (χ1n) is 7.93. The van der Waals surface area contributed by atoms with Gasteiger partial charge in [-0.25, -0.2) is 0 Å². The largest absolute Gasteiger partial charge is 0.489 e. The van der Waals surface area contributed by atoms with Crippen molar-refractivity contribution >= 4 is 22.6 Å². The van der Waals surface area contributed by atoms with Crippen LogP contribution in [0.3, 0.4) is 0 Å². The van der Waals surface area contributed by atoms with Gasteiger partial charge >= 0.3 is 6.18 Å². The standard InChI is InChI=1S/C18H16F3N3O3/c1-26-10-16(25)22-17-13-8-12(6-7-15(13)23-24-17)27-9-11-4-2-3-5-14(11)18(19,20)21/h2-8H,9-10H2,1H3,(H2,22,23,24,25). The van der Waals surface area contributed by atoms with Gasteiger partial charge in [-0.3, -0.25) is 9.89 Å². The molecule has 2 N–H and O–H groups in total. The van der Waals surface area contributed by atoms with Crippen LogP contribution < -0.4 is 10.1 Å². The molecule has 1 heterocycles. The molecule has 0 bridgehead atoms. The number of nitrogens with zero attached hydrogens (tertiary/aromatic N) is 1. The summed E-state index contributed by atoms with van der Waals surface area (Å²) in [5.74, 6) is 0.257. The van der Waals surface area contributed by atoms with E-state index in [0.29, 0.717) is 16.7 Å². The summed E-state index contributed by atoms with van der Waals surface area (Å²) in [5.41, 5.74) is -0.0569. The number of nitrogens with one attached hydrogen (secondary N) is 2. The molecule has 0 aliphatic carbocycles. The summed E-state index contributed by atoms with van der Waals surface area (Å²) in [5, 5.41) is 9.92. The highest BCUT2D eigenvalue weighted by Crippen LogP contribution is 2.32. The number of carbonyl (C=O) groups excluding carboxylic acids is 1. The van der Waals surface area contributed by atoms with Crippen molar-refractivity contribution in [1.29, 1.82) is 0 Å². The van der Waals surface area contributed by atoms with E-state index in [0.717, 1.165) is 6.07 Å². The Kier molecular flexibility index (Phi) is 5.31. The molecule has 3 aromatic rings. The molecule has 0 radical (unpaired) electrons.